The van der Waals surface area contributed by atoms with E-state index >= 15 is 0 Å². The summed E-state index contributed by atoms with van der Waals surface area (Å²) in [7, 11) is 0. The molecular weight excluding hydrogens is 1230 g/mol. The van der Waals surface area contributed by atoms with E-state index in [0.29, 0.717) is 0 Å². The van der Waals surface area contributed by atoms with E-state index in [1.807, 2.05) is 0 Å². The van der Waals surface area contributed by atoms with Crippen LogP contribution in [0.1, 0.15) is 27.7 Å². The predicted octanol–water partition coefficient (Wildman–Crippen LogP) is -15.7. The van der Waals surface area contributed by atoms with Gasteiger partial charge in [-0.05, 0) is 0 Å². The van der Waals surface area contributed by atoms with Crippen molar-refractivity contribution in [3.8, 4) is 0 Å². The number of amides is 4. The van der Waals surface area contributed by atoms with Crippen LogP contribution in [0.15, 0.2) is 0 Å². The average Bonchev–Trinajstić information content (AvgIpc) is 1.12. The molecule has 7 aliphatic rings. The Labute approximate surface area is 510 Å². The van der Waals surface area contributed by atoms with Crippen molar-refractivity contribution in [3.05, 3.63) is 0 Å². The average molecular weight is 1320 g/mol. The van der Waals surface area contributed by atoms with Crippen molar-refractivity contribution in [2.75, 3.05) is 46.2 Å². The quantitative estimate of drug-likeness (QED) is 0.0452. The van der Waals surface area contributed by atoms with Crippen LogP contribution in [0.2, 0.25) is 0 Å². The van der Waals surface area contributed by atoms with Crippen molar-refractivity contribution >= 4 is 23.6 Å². The minimum absolute atomic E-state index is 0.751. The predicted molar refractivity (Wildman–Crippen MR) is 278 cm³/mol. The lowest BCUT2D eigenvalue weighted by Crippen LogP contribution is -2.70. The maximum absolute atomic E-state index is 12.8. The molecule has 0 aromatic carbocycles. The Morgan fingerprint density at radius 2 is 0.589 bits per heavy atom. The molecule has 0 radical (unpaired) electrons. The van der Waals surface area contributed by atoms with Gasteiger partial charge < -0.3 is 180 Å². The van der Waals surface area contributed by atoms with Crippen molar-refractivity contribution in [2.24, 2.45) is 0 Å². The van der Waals surface area contributed by atoms with Crippen LogP contribution < -0.4 is 21.3 Å². The molecule has 4 amide bonds. The van der Waals surface area contributed by atoms with Crippen molar-refractivity contribution in [3.63, 3.8) is 0 Å². The second-order valence-corrected chi connectivity index (χ2v) is 22.5. The highest BCUT2D eigenvalue weighted by Crippen LogP contribution is 2.38. The highest BCUT2D eigenvalue weighted by Gasteiger charge is 2.59. The number of aliphatic hydroxyl groups is 19. The summed E-state index contributed by atoms with van der Waals surface area (Å²) in [4.78, 5) is 49.5. The zero-order valence-electron chi connectivity index (χ0n) is 48.6. The normalized spacial score (nSPS) is 47.6. The molecule has 7 aliphatic heterocycles. The number of ether oxygens (including phenoxy) is 13. The van der Waals surface area contributed by atoms with E-state index in [9.17, 15) is 116 Å². The number of hydrogen-bond acceptors (Lipinski definition) is 36. The minimum atomic E-state index is -2.45. The summed E-state index contributed by atoms with van der Waals surface area (Å²) in [6.45, 7) is -3.14. The van der Waals surface area contributed by atoms with Gasteiger partial charge in [-0.25, -0.2) is 0 Å². The third kappa shape index (κ3) is 16.4. The molecule has 40 nitrogen and oxygen atoms in total. The molecule has 0 spiro atoms. The zero-order valence-corrected chi connectivity index (χ0v) is 48.6. The second-order valence-electron chi connectivity index (χ2n) is 22.5. The van der Waals surface area contributed by atoms with Gasteiger partial charge in [-0.15, -0.1) is 0 Å². The van der Waals surface area contributed by atoms with E-state index in [-0.39, 0.29) is 0 Å². The summed E-state index contributed by atoms with van der Waals surface area (Å²) < 4.78 is 76.6. The van der Waals surface area contributed by atoms with E-state index in [1.54, 1.807) is 0 Å². The number of rotatable bonds is 23. The summed E-state index contributed by atoms with van der Waals surface area (Å²) in [6.07, 6.45) is -61.9. The summed E-state index contributed by atoms with van der Waals surface area (Å²) in [5, 5.41) is 218. The van der Waals surface area contributed by atoms with E-state index in [0.717, 1.165) is 27.7 Å². The first-order chi connectivity index (χ1) is 42.5. The SMILES string of the molecule is CC(=O)N[C@@H]1[C@@H](O)[C@H](O[C@@H]2O[C@H](CO)[C@@H](O[C@@H]3O[C@H](CO[C@H]4O[C@H](CO)[C@@H](O)[C@H](O)[C@@H]4O[C@@H]4O[C@H](CO)[C@@H](O)[C@H](O)[C@H]4NC(C)=O)[C@@H](O)[C@H](O[C@H]4O[C@H](CO)[C@@H](O)[C@H](O)[C@@H]4O[C@@H]4O[C@H](CO)[C@@H](O)[C@H](O)[C@H]4NC(C)=O)[C@@H]3O)[C@H](O)[C@H]2NC(C)=O)[C@@H](CO)O[C@@H]1O. The number of aliphatic hydroxyl groups excluding tert-OH is 19. The maximum atomic E-state index is 12.8. The lowest BCUT2D eigenvalue weighted by atomic mass is 9.93. The molecule has 0 aliphatic carbocycles. The van der Waals surface area contributed by atoms with Crippen LogP contribution in [0.3, 0.4) is 0 Å². The molecule has 0 aromatic rings. The lowest BCUT2D eigenvalue weighted by Gasteiger charge is -2.51. The molecule has 0 aromatic heterocycles. The van der Waals surface area contributed by atoms with Crippen LogP contribution in [0.5, 0.6) is 0 Å². The molecule has 520 valence electrons. The van der Waals surface area contributed by atoms with Crippen LogP contribution in [0, 0.1) is 0 Å². The molecule has 0 unspecified atom stereocenters. The molecular formula is C50H84N4O36. The summed E-state index contributed by atoms with van der Waals surface area (Å²) in [5.74, 6) is -3.28. The number of carbonyl (C=O) groups is 4. The van der Waals surface area contributed by atoms with Gasteiger partial charge in [0.05, 0.1) is 46.2 Å². The Morgan fingerprint density at radius 3 is 1.01 bits per heavy atom. The Hall–Kier alpha value is -3.40. The fourth-order valence-corrected chi connectivity index (χ4v) is 11.5. The van der Waals surface area contributed by atoms with Crippen LogP contribution in [-0.2, 0) is 80.8 Å². The fourth-order valence-electron chi connectivity index (χ4n) is 11.5. The molecule has 40 heteroatoms. The van der Waals surface area contributed by atoms with Gasteiger partial charge in [0.15, 0.2) is 44.0 Å². The first-order valence-electron chi connectivity index (χ1n) is 28.6. The van der Waals surface area contributed by atoms with Crippen LogP contribution >= 0.6 is 0 Å². The largest absolute Gasteiger partial charge is 0.394 e. The second kappa shape index (κ2) is 32.4. The van der Waals surface area contributed by atoms with Crippen LogP contribution in [0.25, 0.3) is 0 Å². The molecule has 0 bridgehead atoms. The van der Waals surface area contributed by atoms with E-state index < -0.39 is 285 Å². The molecule has 0 saturated carbocycles. The Morgan fingerprint density at radius 1 is 0.289 bits per heavy atom. The molecule has 7 fully saturated rings. The fraction of sp³-hybridized carbons (Fsp3) is 0.920. The topological polar surface area (TPSA) is 621 Å². The first kappa shape index (κ1) is 74.0. The standard InChI is InChI=1S/C50H84N4O36/c1-12(61)51-23-34(72)39(20(9-59)79-44(23)77)86-47-26(54-15(4)64)35(73)40(21(10-60)84-47)87-48-38(76)41(88-50-43(37(75)30(68)19(8-58)83-50)90-46-25(53-14(3)63)33(71)28(66)17(6-56)81-46)31(69)22(85-48)11-78-49-42(36(74)29(67)18(7-57)82-49)89-45-24(52-13(2)62)32(70)27(65)16(5-55)80-45/h16-50,55-60,65-77H,5-11H2,1-4H3,(H,51,61)(H,52,62)(H,53,63)(H,54,64)/t16-,17-,18-,19-,20-,21-,22-,23-,24-,25-,26-,27-,28-,29-,30-,31-,32-,33-,34-,35-,36+,37+,38+,39-,40-,41+,42+,43+,44+,45+,46+,47+,48+,49+,50-/m1/s1. The summed E-state index contributed by atoms with van der Waals surface area (Å²) >= 11 is 0. The molecule has 7 rings (SSSR count). The third-order valence-electron chi connectivity index (χ3n) is 16.1. The van der Waals surface area contributed by atoms with E-state index in [1.165, 1.54) is 0 Å². The smallest absolute Gasteiger partial charge is 0.217 e. The number of nitrogens with one attached hydrogen (secondary N) is 4. The lowest BCUT2D eigenvalue weighted by molar-refractivity contribution is -0.396. The number of carbonyl (C=O) groups excluding carboxylic acids is 4. The first-order valence-corrected chi connectivity index (χ1v) is 28.6. The van der Waals surface area contributed by atoms with Crippen LogP contribution in [0.4, 0.5) is 0 Å². The highest BCUT2D eigenvalue weighted by molar-refractivity contribution is 5.74. The van der Waals surface area contributed by atoms with Gasteiger partial charge in [-0.3, -0.25) is 19.2 Å². The number of hydrogen-bond donors (Lipinski definition) is 23. The van der Waals surface area contributed by atoms with Gasteiger partial charge in [0.25, 0.3) is 0 Å². The maximum Gasteiger partial charge on any atom is 0.217 e. The van der Waals surface area contributed by atoms with Crippen molar-refractivity contribution in [1.29, 1.82) is 0 Å². The highest BCUT2D eigenvalue weighted by atomic mass is 16.8. The summed E-state index contributed by atoms with van der Waals surface area (Å²) in [6, 6.07) is -6.84. The van der Waals surface area contributed by atoms with Crippen molar-refractivity contribution in [1.82, 2.24) is 21.3 Å². The zero-order chi connectivity index (χ0) is 66.5. The van der Waals surface area contributed by atoms with E-state index in [2.05, 4.69) is 21.3 Å². The molecule has 7 saturated heterocycles. The Bertz CT molecular complexity index is 2310. The van der Waals surface area contributed by atoms with Crippen LogP contribution in [-0.4, -0.2) is 382 Å². The Kier molecular flexibility index (Phi) is 26.6. The van der Waals surface area contributed by atoms with Gasteiger partial charge in [-0.1, -0.05) is 0 Å². The summed E-state index contributed by atoms with van der Waals surface area (Å²) in [5.41, 5.74) is 0. The van der Waals surface area contributed by atoms with Gasteiger partial charge in [0.1, 0.15) is 171 Å². The van der Waals surface area contributed by atoms with Gasteiger partial charge in [0.2, 0.25) is 23.6 Å². The molecule has 90 heavy (non-hydrogen) atoms. The van der Waals surface area contributed by atoms with Crippen molar-refractivity contribution in [2.45, 2.75) is 242 Å². The van der Waals surface area contributed by atoms with Gasteiger partial charge in [-0.2, -0.15) is 0 Å². The molecule has 7 heterocycles. The van der Waals surface area contributed by atoms with Gasteiger partial charge >= 0.3 is 0 Å². The monoisotopic (exact) mass is 1320 g/mol. The molecule has 35 atom stereocenters. The molecule has 23 N–H and O–H groups in total. The van der Waals surface area contributed by atoms with Crippen molar-refractivity contribution < 1.29 is 178 Å². The van der Waals surface area contributed by atoms with E-state index in [4.69, 9.17) is 61.6 Å². The Balaban J connectivity index is 1.25. The van der Waals surface area contributed by atoms with Gasteiger partial charge in [0, 0.05) is 27.7 Å². The third-order valence-corrected chi connectivity index (χ3v) is 16.1. The minimum Gasteiger partial charge on any atom is -0.394 e.